The Balaban J connectivity index is 1.73. The first-order valence-corrected chi connectivity index (χ1v) is 12.0. The molecule has 2 heterocycles. The van der Waals surface area contributed by atoms with Gasteiger partial charge in [0.25, 0.3) is 5.91 Å². The molecule has 0 bridgehead atoms. The van der Waals surface area contributed by atoms with Crippen molar-refractivity contribution >= 4 is 41.2 Å². The summed E-state index contributed by atoms with van der Waals surface area (Å²) < 4.78 is 7.07. The first-order valence-electron chi connectivity index (χ1n) is 11.2. The highest BCUT2D eigenvalue weighted by atomic mass is 35.5. The zero-order valence-corrected chi connectivity index (χ0v) is 21.6. The Morgan fingerprint density at radius 3 is 2.37 bits per heavy atom. The number of hydrogen-bond acceptors (Lipinski definition) is 3. The Hall–Kier alpha value is -3.28. The lowest BCUT2D eigenvalue weighted by molar-refractivity contribution is -0.136. The van der Waals surface area contributed by atoms with E-state index >= 15 is 0 Å². The minimum atomic E-state index is -0.525. The van der Waals surface area contributed by atoms with Gasteiger partial charge < -0.3 is 14.2 Å². The van der Waals surface area contributed by atoms with E-state index in [-0.39, 0.29) is 5.91 Å². The van der Waals surface area contributed by atoms with Crippen LogP contribution in [0.1, 0.15) is 29.4 Å². The van der Waals surface area contributed by atoms with E-state index in [1.807, 2.05) is 60.9 Å². The third kappa shape index (κ3) is 4.79. The Kier molecular flexibility index (Phi) is 7.20. The van der Waals surface area contributed by atoms with E-state index in [9.17, 15) is 9.59 Å². The number of amides is 1. The average Bonchev–Trinajstić information content (AvgIpc) is 3.25. The van der Waals surface area contributed by atoms with E-state index in [2.05, 4.69) is 0 Å². The summed E-state index contributed by atoms with van der Waals surface area (Å²) in [6.07, 6.45) is 2.45. The number of rotatable bonds is 6. The number of nitrogens with zero attached hydrogens (tertiary/aromatic N) is 2. The molecule has 180 valence electrons. The zero-order chi connectivity index (χ0) is 25.3. The van der Waals surface area contributed by atoms with E-state index in [1.54, 1.807) is 30.0 Å². The maximum absolute atomic E-state index is 13.5. The Bertz CT molecular complexity index is 1370. The predicted molar refractivity (Wildman–Crippen MR) is 140 cm³/mol. The number of esters is 1. The molecule has 2 aromatic carbocycles. The quantitative estimate of drug-likeness (QED) is 0.289. The number of halogens is 2. The van der Waals surface area contributed by atoms with Crippen LogP contribution in [0.25, 0.3) is 11.8 Å². The van der Waals surface area contributed by atoms with Gasteiger partial charge in [-0.25, -0.2) is 4.79 Å². The smallest absolute Gasteiger partial charge is 0.340 e. The normalized spacial score (nSPS) is 14.9. The number of benzene rings is 2. The highest BCUT2D eigenvalue weighted by molar-refractivity contribution is 6.42. The second-order valence-corrected chi connectivity index (χ2v) is 9.28. The highest BCUT2D eigenvalue weighted by Gasteiger charge is 2.37. The SMILES string of the molecule is COC(=O)C1=C(C)N(CCc2ccccc2)C(=O)/C1=C\c1cc(C)n(-c2ccc(Cl)c(Cl)c2)c1C. The van der Waals surface area contributed by atoms with Crippen molar-refractivity contribution in [1.29, 1.82) is 0 Å². The minimum absolute atomic E-state index is 0.210. The molecule has 0 fully saturated rings. The predicted octanol–water partition coefficient (Wildman–Crippen LogP) is 6.32. The van der Waals surface area contributed by atoms with Gasteiger partial charge in [0.2, 0.25) is 0 Å². The van der Waals surface area contributed by atoms with Gasteiger partial charge in [-0.2, -0.15) is 0 Å². The van der Waals surface area contributed by atoms with Crippen molar-refractivity contribution in [3.05, 3.63) is 104 Å². The van der Waals surface area contributed by atoms with E-state index in [0.717, 1.165) is 28.2 Å². The highest BCUT2D eigenvalue weighted by Crippen LogP contribution is 2.34. The fourth-order valence-electron chi connectivity index (χ4n) is 4.49. The molecule has 7 heteroatoms. The summed E-state index contributed by atoms with van der Waals surface area (Å²) in [7, 11) is 1.33. The van der Waals surface area contributed by atoms with Gasteiger partial charge in [-0.1, -0.05) is 53.5 Å². The molecule has 1 amide bonds. The molecule has 0 spiro atoms. The minimum Gasteiger partial charge on any atom is -0.465 e. The number of hydrogen-bond donors (Lipinski definition) is 0. The van der Waals surface area contributed by atoms with Crippen LogP contribution in [0.15, 0.2) is 71.4 Å². The summed E-state index contributed by atoms with van der Waals surface area (Å²) in [6.45, 7) is 6.19. The third-order valence-corrected chi connectivity index (χ3v) is 7.04. The second kappa shape index (κ2) is 10.1. The number of carbonyl (C=O) groups excluding carboxylic acids is 2. The van der Waals surface area contributed by atoms with Gasteiger partial charge in [0, 0.05) is 29.3 Å². The molecular formula is C28H26Cl2N2O3. The van der Waals surface area contributed by atoms with Crippen LogP contribution in [0.5, 0.6) is 0 Å². The van der Waals surface area contributed by atoms with Crippen molar-refractivity contribution in [3.8, 4) is 5.69 Å². The molecule has 0 unspecified atom stereocenters. The third-order valence-electron chi connectivity index (χ3n) is 6.30. The van der Waals surface area contributed by atoms with Gasteiger partial charge in [0.15, 0.2) is 0 Å². The first-order chi connectivity index (χ1) is 16.7. The maximum Gasteiger partial charge on any atom is 0.340 e. The molecule has 5 nitrogen and oxygen atoms in total. The standard InChI is InChI=1S/C28H26Cl2N2O3/c1-17-14-21(18(2)32(17)22-10-11-24(29)25(30)16-22)15-23-26(28(34)35-4)19(3)31(27(23)33)13-12-20-8-6-5-7-9-20/h5-11,14-16H,12-13H2,1-4H3/b23-15-. The summed E-state index contributed by atoms with van der Waals surface area (Å²) >= 11 is 12.3. The molecule has 0 aliphatic carbocycles. The lowest BCUT2D eigenvalue weighted by Gasteiger charge is -2.17. The molecule has 1 aromatic heterocycles. The van der Waals surface area contributed by atoms with Gasteiger partial charge in [0.05, 0.1) is 28.3 Å². The van der Waals surface area contributed by atoms with Crippen LogP contribution in [-0.4, -0.2) is 35.0 Å². The topological polar surface area (TPSA) is 51.5 Å². The van der Waals surface area contributed by atoms with E-state index in [4.69, 9.17) is 27.9 Å². The van der Waals surface area contributed by atoms with Crippen LogP contribution >= 0.6 is 23.2 Å². The Morgan fingerprint density at radius 1 is 1.00 bits per heavy atom. The number of methoxy groups -OCH3 is 1. The summed E-state index contributed by atoms with van der Waals surface area (Å²) in [6, 6.07) is 17.4. The number of carbonyl (C=O) groups is 2. The molecule has 1 aliphatic heterocycles. The van der Waals surface area contributed by atoms with Gasteiger partial charge >= 0.3 is 5.97 Å². The van der Waals surface area contributed by atoms with Crippen LogP contribution in [0.3, 0.4) is 0 Å². The Morgan fingerprint density at radius 2 is 1.71 bits per heavy atom. The molecule has 0 saturated heterocycles. The largest absolute Gasteiger partial charge is 0.465 e. The monoisotopic (exact) mass is 508 g/mol. The molecule has 3 aromatic rings. The van der Waals surface area contributed by atoms with Gasteiger partial charge in [-0.15, -0.1) is 0 Å². The molecule has 0 atom stereocenters. The summed E-state index contributed by atoms with van der Waals surface area (Å²) in [5, 5.41) is 0.943. The van der Waals surface area contributed by atoms with Crippen molar-refractivity contribution in [2.24, 2.45) is 0 Å². The van der Waals surface area contributed by atoms with Crippen LogP contribution in [0.4, 0.5) is 0 Å². The van der Waals surface area contributed by atoms with Crippen molar-refractivity contribution in [2.45, 2.75) is 27.2 Å². The van der Waals surface area contributed by atoms with Crippen LogP contribution in [0.2, 0.25) is 10.0 Å². The van der Waals surface area contributed by atoms with Crippen LogP contribution in [0, 0.1) is 13.8 Å². The molecule has 35 heavy (non-hydrogen) atoms. The first kappa shape index (κ1) is 24.8. The lowest BCUT2D eigenvalue weighted by atomic mass is 10.0. The molecule has 1 aliphatic rings. The van der Waals surface area contributed by atoms with Crippen LogP contribution in [-0.2, 0) is 20.7 Å². The Labute approximate surface area is 215 Å². The maximum atomic E-state index is 13.5. The van der Waals surface area contributed by atoms with Crippen molar-refractivity contribution < 1.29 is 14.3 Å². The number of allylic oxidation sites excluding steroid dienone is 1. The molecule has 0 saturated carbocycles. The molecule has 4 rings (SSSR count). The van der Waals surface area contributed by atoms with Crippen molar-refractivity contribution in [3.63, 3.8) is 0 Å². The molecule has 0 radical (unpaired) electrons. The number of aryl methyl sites for hydroxylation is 1. The zero-order valence-electron chi connectivity index (χ0n) is 20.1. The van der Waals surface area contributed by atoms with E-state index < -0.39 is 5.97 Å². The number of aromatic nitrogens is 1. The van der Waals surface area contributed by atoms with E-state index in [0.29, 0.717) is 39.9 Å². The molecule has 0 N–H and O–H groups in total. The lowest BCUT2D eigenvalue weighted by Crippen LogP contribution is -2.27. The van der Waals surface area contributed by atoms with Crippen LogP contribution < -0.4 is 0 Å². The second-order valence-electron chi connectivity index (χ2n) is 8.46. The van der Waals surface area contributed by atoms with Crippen molar-refractivity contribution in [2.75, 3.05) is 13.7 Å². The fraction of sp³-hybridized carbons (Fsp3) is 0.214. The molecular weight excluding hydrogens is 483 g/mol. The average molecular weight is 509 g/mol. The fourth-order valence-corrected chi connectivity index (χ4v) is 4.79. The summed E-state index contributed by atoms with van der Waals surface area (Å²) in [5.41, 5.74) is 5.90. The van der Waals surface area contributed by atoms with E-state index in [1.165, 1.54) is 7.11 Å². The van der Waals surface area contributed by atoms with Gasteiger partial charge in [0.1, 0.15) is 0 Å². The summed E-state index contributed by atoms with van der Waals surface area (Å²) in [4.78, 5) is 27.9. The number of ether oxygens (including phenoxy) is 1. The van der Waals surface area contributed by atoms with Gasteiger partial charge in [-0.3, -0.25) is 4.79 Å². The summed E-state index contributed by atoms with van der Waals surface area (Å²) in [5.74, 6) is -0.735. The van der Waals surface area contributed by atoms with Gasteiger partial charge in [-0.05, 0) is 68.7 Å². The van der Waals surface area contributed by atoms with Crippen molar-refractivity contribution in [1.82, 2.24) is 9.47 Å².